The smallest absolute Gasteiger partial charge is 0.0957 e. The predicted octanol–water partition coefficient (Wildman–Crippen LogP) is -1.83. The fraction of sp³-hybridized carbons (Fsp3) is 1.00. The summed E-state index contributed by atoms with van der Waals surface area (Å²) < 4.78 is 34.1. The first-order chi connectivity index (χ1) is 10.4. The largest absolute Gasteiger partial charge is 0.759 e. The van der Waals surface area contributed by atoms with Crippen LogP contribution >= 0.6 is 0 Å². The van der Waals surface area contributed by atoms with Crippen LogP contribution < -0.4 is 9.80 Å². The van der Waals surface area contributed by atoms with Crippen LogP contribution in [-0.2, 0) is 10.4 Å². The first kappa shape index (κ1) is 16.6. The lowest BCUT2D eigenvalue weighted by Crippen LogP contribution is -3.26. The summed E-state index contributed by atoms with van der Waals surface area (Å²) in [5.74, 6) is 2.18. The normalized spacial score (nSPS) is 44.1. The maximum absolute atomic E-state index is 8.52. The molecule has 0 aromatic heterocycles. The number of hydrogen-bond acceptors (Lipinski definition) is 4. The maximum atomic E-state index is 8.52. The van der Waals surface area contributed by atoms with Gasteiger partial charge in [0, 0.05) is 23.2 Å². The molecule has 5 unspecified atom stereocenters. The Morgan fingerprint density at radius 3 is 1.59 bits per heavy atom. The second-order valence-electron chi connectivity index (χ2n) is 7.59. The molecule has 128 valence electrons. The summed E-state index contributed by atoms with van der Waals surface area (Å²) in [5.41, 5.74) is 0. The van der Waals surface area contributed by atoms with E-state index in [1.54, 1.807) is 19.3 Å². The molecule has 2 bridgehead atoms. The predicted molar refractivity (Wildman–Crippen MR) is 78.7 cm³/mol. The van der Waals surface area contributed by atoms with E-state index in [0.717, 1.165) is 23.9 Å². The lowest BCUT2D eigenvalue weighted by molar-refractivity contribution is -0.993. The van der Waals surface area contributed by atoms with Gasteiger partial charge in [0.2, 0.25) is 0 Å². The molecular weight excluding hydrogens is 304 g/mol. The number of rotatable bonds is 0. The van der Waals surface area contributed by atoms with E-state index in [-0.39, 0.29) is 0 Å². The molecule has 4 heterocycles. The van der Waals surface area contributed by atoms with Crippen molar-refractivity contribution < 1.29 is 27.3 Å². The molecule has 7 heteroatoms. The van der Waals surface area contributed by atoms with E-state index in [2.05, 4.69) is 0 Å². The van der Waals surface area contributed by atoms with Crippen molar-refractivity contribution in [3.05, 3.63) is 0 Å². The molecule has 0 amide bonds. The van der Waals surface area contributed by atoms with E-state index >= 15 is 0 Å². The summed E-state index contributed by atoms with van der Waals surface area (Å²) in [5, 5.41) is 0. The molecule has 6 nitrogen and oxygen atoms in total. The Hall–Kier alpha value is -0.210. The number of hydrogen-bond donors (Lipinski definition) is 2. The molecule has 4 aliphatic heterocycles. The van der Waals surface area contributed by atoms with Crippen molar-refractivity contribution in [3.8, 4) is 0 Å². The van der Waals surface area contributed by atoms with E-state index in [9.17, 15) is 0 Å². The highest BCUT2D eigenvalue weighted by Crippen LogP contribution is 2.29. The quantitative estimate of drug-likeness (QED) is 0.403. The third-order valence-corrected chi connectivity index (χ3v) is 6.37. The van der Waals surface area contributed by atoms with E-state index in [0.29, 0.717) is 0 Å². The van der Waals surface area contributed by atoms with Crippen LogP contribution in [-0.4, -0.2) is 55.8 Å². The Bertz CT molecular complexity index is 448. The van der Waals surface area contributed by atoms with Crippen molar-refractivity contribution in [2.24, 2.45) is 11.8 Å². The molecule has 4 fully saturated rings. The number of nitrogens with one attached hydrogen (secondary N) is 2. The van der Waals surface area contributed by atoms with Crippen molar-refractivity contribution in [3.63, 3.8) is 0 Å². The van der Waals surface area contributed by atoms with Crippen molar-refractivity contribution >= 4 is 10.4 Å². The molecule has 6 atom stereocenters. The van der Waals surface area contributed by atoms with Crippen LogP contribution in [0.25, 0.3) is 0 Å². The fourth-order valence-corrected chi connectivity index (χ4v) is 5.70. The van der Waals surface area contributed by atoms with Crippen LogP contribution in [0.4, 0.5) is 0 Å². The van der Waals surface area contributed by atoms with Gasteiger partial charge in [-0.15, -0.1) is 0 Å². The third-order valence-electron chi connectivity index (χ3n) is 6.37. The molecule has 0 aliphatic carbocycles. The minimum Gasteiger partial charge on any atom is -0.759 e. The van der Waals surface area contributed by atoms with Gasteiger partial charge in [-0.25, -0.2) is 0 Å². The minimum absolute atomic E-state index is 1.07. The zero-order chi connectivity index (χ0) is 15.7. The molecule has 4 saturated heterocycles. The van der Waals surface area contributed by atoms with Gasteiger partial charge >= 0.3 is 0 Å². The summed E-state index contributed by atoms with van der Waals surface area (Å²) in [7, 11) is -5.17. The van der Waals surface area contributed by atoms with Gasteiger partial charge in [0.25, 0.3) is 0 Å². The minimum atomic E-state index is -5.17. The Balaban J connectivity index is 0.000000254. The van der Waals surface area contributed by atoms with E-state index in [4.69, 9.17) is 17.5 Å². The molecule has 4 rings (SSSR count). The highest BCUT2D eigenvalue weighted by atomic mass is 32.3. The van der Waals surface area contributed by atoms with E-state index in [1.807, 2.05) is 9.80 Å². The van der Waals surface area contributed by atoms with Crippen LogP contribution in [0.15, 0.2) is 0 Å². The van der Waals surface area contributed by atoms with Crippen LogP contribution in [0.3, 0.4) is 0 Å². The van der Waals surface area contributed by atoms with Gasteiger partial charge in [-0.3, -0.25) is 8.42 Å². The van der Waals surface area contributed by atoms with Crippen LogP contribution in [0.1, 0.15) is 44.9 Å². The molecule has 4 aliphatic rings. The van der Waals surface area contributed by atoms with Gasteiger partial charge in [0.15, 0.2) is 0 Å². The first-order valence-corrected chi connectivity index (χ1v) is 10.1. The van der Waals surface area contributed by atoms with Gasteiger partial charge in [0.1, 0.15) is 0 Å². The SMILES string of the molecule is C1CC[NH+]2CC3CC(C[NH+]4CCCC[C@H]34)C2C1.O=S(=O)([O-])[O-]. The molecule has 0 saturated carbocycles. The molecule has 22 heavy (non-hydrogen) atoms. The summed E-state index contributed by atoms with van der Waals surface area (Å²) in [6, 6.07) is 2.13. The number of quaternary nitrogens is 2. The molecule has 2 N–H and O–H groups in total. The van der Waals surface area contributed by atoms with Crippen molar-refractivity contribution in [2.75, 3.05) is 26.2 Å². The van der Waals surface area contributed by atoms with E-state index < -0.39 is 10.4 Å². The monoisotopic (exact) mass is 332 g/mol. The highest BCUT2D eigenvalue weighted by molar-refractivity contribution is 7.79. The Morgan fingerprint density at radius 2 is 1.18 bits per heavy atom. The second kappa shape index (κ2) is 6.73. The zero-order valence-electron chi connectivity index (χ0n) is 13.1. The van der Waals surface area contributed by atoms with Crippen molar-refractivity contribution in [1.82, 2.24) is 0 Å². The van der Waals surface area contributed by atoms with Gasteiger partial charge in [0.05, 0.1) is 50.1 Å². The molecule has 0 aromatic carbocycles. The molecule has 0 spiro atoms. The van der Waals surface area contributed by atoms with Crippen LogP contribution in [0, 0.1) is 11.8 Å². The Morgan fingerprint density at radius 1 is 0.773 bits per heavy atom. The Labute approximate surface area is 133 Å². The standard InChI is InChI=1S/C15H26N2.H2O4S/c1-3-7-16-11-13-9-12(14(16)5-1)10-17-8-4-2-6-15(13)17;1-5(2,3)4/h12-15H,1-11H2;(H2,1,2,3,4)/t12?,13?,14-,15?;/m1./s1. The fourth-order valence-electron chi connectivity index (χ4n) is 5.70. The molecular formula is C15H28N2O4S. The van der Waals surface area contributed by atoms with Gasteiger partial charge < -0.3 is 18.9 Å². The summed E-state index contributed by atoms with van der Waals surface area (Å²) in [6.07, 6.45) is 10.7. The summed E-state index contributed by atoms with van der Waals surface area (Å²) >= 11 is 0. The zero-order valence-corrected chi connectivity index (χ0v) is 13.9. The topological polar surface area (TPSA) is 89.1 Å². The van der Waals surface area contributed by atoms with E-state index in [1.165, 1.54) is 51.9 Å². The Kier molecular flexibility index (Phi) is 5.09. The second-order valence-corrected chi connectivity index (χ2v) is 8.41. The summed E-state index contributed by atoms with van der Waals surface area (Å²) in [6.45, 7) is 6.07. The average Bonchev–Trinajstić information content (AvgIpc) is 2.46. The average molecular weight is 332 g/mol. The van der Waals surface area contributed by atoms with Gasteiger partial charge in [-0.1, -0.05) is 0 Å². The number of piperidine rings is 4. The van der Waals surface area contributed by atoms with Crippen molar-refractivity contribution in [1.29, 1.82) is 0 Å². The van der Waals surface area contributed by atoms with Gasteiger partial charge in [-0.05, 0) is 32.1 Å². The van der Waals surface area contributed by atoms with Crippen LogP contribution in [0.2, 0.25) is 0 Å². The lowest BCUT2D eigenvalue weighted by Gasteiger charge is -2.52. The highest BCUT2D eigenvalue weighted by Gasteiger charge is 2.51. The summed E-state index contributed by atoms with van der Waals surface area (Å²) in [4.78, 5) is 4.03. The lowest BCUT2D eigenvalue weighted by atomic mass is 9.71. The van der Waals surface area contributed by atoms with Crippen molar-refractivity contribution in [2.45, 2.75) is 57.0 Å². The maximum Gasteiger partial charge on any atom is 0.0957 e. The molecule has 0 aromatic rings. The molecule has 0 radical (unpaired) electrons. The first-order valence-electron chi connectivity index (χ1n) is 8.77. The third kappa shape index (κ3) is 4.00. The number of fused-ring (bicyclic) bond motifs is 6. The van der Waals surface area contributed by atoms with Crippen LogP contribution in [0.5, 0.6) is 0 Å². The van der Waals surface area contributed by atoms with Gasteiger partial charge in [-0.2, -0.15) is 0 Å².